The summed E-state index contributed by atoms with van der Waals surface area (Å²) in [5.74, 6) is 0.544. The minimum absolute atomic E-state index is 0.226. The van der Waals surface area contributed by atoms with E-state index in [2.05, 4.69) is 0 Å². The molecule has 20 heavy (non-hydrogen) atoms. The van der Waals surface area contributed by atoms with Crippen molar-refractivity contribution in [2.45, 2.75) is 20.5 Å². The Morgan fingerprint density at radius 2 is 1.80 bits per heavy atom. The first-order valence-electron chi connectivity index (χ1n) is 6.33. The van der Waals surface area contributed by atoms with Crippen LogP contribution in [0.5, 0.6) is 11.5 Å². The third-order valence-electron chi connectivity index (χ3n) is 3.17. The number of nitrogens with two attached hydrogens (primary N) is 1. The molecule has 3 nitrogen and oxygen atoms in total. The number of nitrogen functional groups attached to an aromatic ring is 1. The van der Waals surface area contributed by atoms with Crippen LogP contribution in [-0.2, 0) is 6.61 Å². The van der Waals surface area contributed by atoms with Crippen LogP contribution in [0.1, 0.15) is 16.7 Å². The van der Waals surface area contributed by atoms with E-state index in [0.29, 0.717) is 11.4 Å². The number of halogens is 1. The molecule has 0 spiro atoms. The van der Waals surface area contributed by atoms with Gasteiger partial charge in [0.05, 0.1) is 7.11 Å². The lowest BCUT2D eigenvalue weighted by atomic mass is 10.1. The summed E-state index contributed by atoms with van der Waals surface area (Å²) in [6.45, 7) is 4.19. The molecule has 0 radical (unpaired) electrons. The molecule has 2 N–H and O–H groups in total. The van der Waals surface area contributed by atoms with Crippen molar-refractivity contribution in [3.63, 3.8) is 0 Å². The largest absolute Gasteiger partial charge is 0.494 e. The molecule has 0 aliphatic rings. The van der Waals surface area contributed by atoms with Crippen LogP contribution in [0.4, 0.5) is 10.1 Å². The summed E-state index contributed by atoms with van der Waals surface area (Å²) < 4.78 is 24.2. The van der Waals surface area contributed by atoms with Crippen molar-refractivity contribution >= 4 is 5.69 Å². The first kappa shape index (κ1) is 14.2. The second-order valence-electron chi connectivity index (χ2n) is 4.73. The molecule has 0 unspecified atom stereocenters. The first-order chi connectivity index (χ1) is 9.51. The summed E-state index contributed by atoms with van der Waals surface area (Å²) in [7, 11) is 1.44. The van der Waals surface area contributed by atoms with Gasteiger partial charge in [0.25, 0.3) is 0 Å². The minimum atomic E-state index is -0.395. The van der Waals surface area contributed by atoms with Crippen LogP contribution < -0.4 is 15.2 Å². The third-order valence-corrected chi connectivity index (χ3v) is 3.17. The highest BCUT2D eigenvalue weighted by Crippen LogP contribution is 2.26. The van der Waals surface area contributed by atoms with E-state index < -0.39 is 5.82 Å². The van der Waals surface area contributed by atoms with Gasteiger partial charge in [-0.05, 0) is 42.7 Å². The van der Waals surface area contributed by atoms with E-state index in [4.69, 9.17) is 15.2 Å². The van der Waals surface area contributed by atoms with Crippen molar-refractivity contribution in [2.75, 3.05) is 12.8 Å². The SMILES string of the molecule is COc1ccc(COc2cc(N)c(C)cc2C)cc1F. The van der Waals surface area contributed by atoms with E-state index in [0.717, 1.165) is 16.7 Å². The normalized spacial score (nSPS) is 10.4. The fraction of sp³-hybridized carbons (Fsp3) is 0.250. The van der Waals surface area contributed by atoms with Crippen molar-refractivity contribution in [1.29, 1.82) is 0 Å². The molecule has 0 aromatic heterocycles. The van der Waals surface area contributed by atoms with Gasteiger partial charge >= 0.3 is 0 Å². The molecule has 106 valence electrons. The summed E-state index contributed by atoms with van der Waals surface area (Å²) in [6.07, 6.45) is 0. The Morgan fingerprint density at radius 3 is 2.45 bits per heavy atom. The number of hydrogen-bond donors (Lipinski definition) is 1. The van der Waals surface area contributed by atoms with Gasteiger partial charge in [-0.3, -0.25) is 0 Å². The fourth-order valence-electron chi connectivity index (χ4n) is 1.96. The maximum atomic E-state index is 13.6. The molecular weight excluding hydrogens is 257 g/mol. The Hall–Kier alpha value is -2.23. The molecule has 2 aromatic rings. The van der Waals surface area contributed by atoms with E-state index in [-0.39, 0.29) is 12.4 Å². The highest BCUT2D eigenvalue weighted by molar-refractivity contribution is 5.54. The number of anilines is 1. The van der Waals surface area contributed by atoms with Crippen LogP contribution in [0.3, 0.4) is 0 Å². The van der Waals surface area contributed by atoms with Crippen molar-refractivity contribution < 1.29 is 13.9 Å². The van der Waals surface area contributed by atoms with Gasteiger partial charge in [-0.25, -0.2) is 4.39 Å². The van der Waals surface area contributed by atoms with Gasteiger partial charge in [0.15, 0.2) is 11.6 Å². The molecule has 0 amide bonds. The fourth-order valence-corrected chi connectivity index (χ4v) is 1.96. The number of methoxy groups -OCH3 is 1. The number of aryl methyl sites for hydroxylation is 2. The Labute approximate surface area is 118 Å². The van der Waals surface area contributed by atoms with E-state index >= 15 is 0 Å². The second-order valence-corrected chi connectivity index (χ2v) is 4.73. The zero-order valence-corrected chi connectivity index (χ0v) is 11.9. The van der Waals surface area contributed by atoms with Crippen molar-refractivity contribution in [3.8, 4) is 11.5 Å². The average molecular weight is 275 g/mol. The monoisotopic (exact) mass is 275 g/mol. The molecule has 0 saturated heterocycles. The van der Waals surface area contributed by atoms with Crippen LogP contribution >= 0.6 is 0 Å². The molecule has 4 heteroatoms. The molecule has 0 atom stereocenters. The van der Waals surface area contributed by atoms with Gasteiger partial charge in [0.1, 0.15) is 12.4 Å². The van der Waals surface area contributed by atoms with Gasteiger partial charge in [0, 0.05) is 11.8 Å². The first-order valence-corrected chi connectivity index (χ1v) is 6.33. The summed E-state index contributed by atoms with van der Waals surface area (Å²) in [4.78, 5) is 0. The third kappa shape index (κ3) is 3.02. The molecule has 0 aliphatic heterocycles. The van der Waals surface area contributed by atoms with Gasteiger partial charge in [0.2, 0.25) is 0 Å². The minimum Gasteiger partial charge on any atom is -0.494 e. The second kappa shape index (κ2) is 5.82. The van der Waals surface area contributed by atoms with E-state index in [1.165, 1.54) is 13.2 Å². The van der Waals surface area contributed by atoms with Crippen molar-refractivity contribution in [2.24, 2.45) is 0 Å². The van der Waals surface area contributed by atoms with E-state index in [9.17, 15) is 4.39 Å². The molecule has 0 aliphatic carbocycles. The molecule has 0 fully saturated rings. The summed E-state index contributed by atoms with van der Waals surface area (Å²) in [6, 6.07) is 8.54. The lowest BCUT2D eigenvalue weighted by Gasteiger charge is -2.12. The highest BCUT2D eigenvalue weighted by Gasteiger charge is 2.06. The zero-order chi connectivity index (χ0) is 14.7. The summed E-state index contributed by atoms with van der Waals surface area (Å²) in [5, 5.41) is 0. The van der Waals surface area contributed by atoms with Gasteiger partial charge in [-0.1, -0.05) is 12.1 Å². The summed E-state index contributed by atoms with van der Waals surface area (Å²) in [5.41, 5.74) is 9.31. The zero-order valence-electron chi connectivity index (χ0n) is 11.9. The smallest absolute Gasteiger partial charge is 0.165 e. The lowest BCUT2D eigenvalue weighted by Crippen LogP contribution is -2.00. The average Bonchev–Trinajstić information content (AvgIpc) is 2.41. The number of hydrogen-bond acceptors (Lipinski definition) is 3. The molecule has 2 aromatic carbocycles. The lowest BCUT2D eigenvalue weighted by molar-refractivity contribution is 0.303. The maximum absolute atomic E-state index is 13.6. The predicted octanol–water partition coefficient (Wildman–Crippen LogP) is 3.61. The molecule has 0 bridgehead atoms. The van der Waals surface area contributed by atoms with Crippen LogP contribution in [0.15, 0.2) is 30.3 Å². The number of ether oxygens (including phenoxy) is 2. The van der Waals surface area contributed by atoms with Crippen LogP contribution in [0, 0.1) is 19.7 Å². The van der Waals surface area contributed by atoms with Gasteiger partial charge < -0.3 is 15.2 Å². The molecule has 0 heterocycles. The predicted molar refractivity (Wildman–Crippen MR) is 77.6 cm³/mol. The molecule has 0 saturated carbocycles. The van der Waals surface area contributed by atoms with E-state index in [1.807, 2.05) is 19.9 Å². The highest BCUT2D eigenvalue weighted by atomic mass is 19.1. The van der Waals surface area contributed by atoms with Crippen molar-refractivity contribution in [1.82, 2.24) is 0 Å². The quantitative estimate of drug-likeness (QED) is 0.867. The Balaban J connectivity index is 2.13. The molecule has 2 rings (SSSR count). The number of rotatable bonds is 4. The van der Waals surface area contributed by atoms with E-state index in [1.54, 1.807) is 18.2 Å². The standard InChI is InChI=1S/C16H18FNO2/c1-10-6-11(2)16(8-14(10)18)20-9-12-4-5-15(19-3)13(17)7-12/h4-8H,9,18H2,1-3H3. The van der Waals surface area contributed by atoms with Crippen molar-refractivity contribution in [3.05, 3.63) is 52.8 Å². The van der Waals surface area contributed by atoms with Gasteiger partial charge in [-0.15, -0.1) is 0 Å². The summed E-state index contributed by atoms with van der Waals surface area (Å²) >= 11 is 0. The van der Waals surface area contributed by atoms with Gasteiger partial charge in [-0.2, -0.15) is 0 Å². The maximum Gasteiger partial charge on any atom is 0.165 e. The Bertz CT molecular complexity index is 626. The topological polar surface area (TPSA) is 44.5 Å². The molecular formula is C16H18FNO2. The van der Waals surface area contributed by atoms with Crippen LogP contribution in [0.2, 0.25) is 0 Å². The van der Waals surface area contributed by atoms with Crippen LogP contribution in [-0.4, -0.2) is 7.11 Å². The Kier molecular flexibility index (Phi) is 4.13. The number of benzene rings is 2. The van der Waals surface area contributed by atoms with Crippen LogP contribution in [0.25, 0.3) is 0 Å². The Morgan fingerprint density at radius 1 is 1.05 bits per heavy atom.